The van der Waals surface area contributed by atoms with Crippen LogP contribution in [-0.4, -0.2) is 51.2 Å². The Morgan fingerprint density at radius 1 is 0.978 bits per heavy atom. The number of hydrogen-bond donors (Lipinski definition) is 3. The first-order valence-corrected chi connectivity index (χ1v) is 15.2. The third-order valence-corrected chi connectivity index (χ3v) is 9.61. The van der Waals surface area contributed by atoms with Gasteiger partial charge in [0.05, 0.1) is 42.2 Å². The first-order valence-electron chi connectivity index (χ1n) is 15.2. The molecule has 3 aromatic heterocycles. The van der Waals surface area contributed by atoms with Gasteiger partial charge in [0.15, 0.2) is 0 Å². The molecule has 0 spiro atoms. The number of rotatable bonds is 6. The molecule has 5 heterocycles. The number of H-pyrrole nitrogens is 2. The predicted molar refractivity (Wildman–Crippen MR) is 176 cm³/mol. The van der Waals surface area contributed by atoms with Gasteiger partial charge in [0.25, 0.3) is 0 Å². The van der Waals surface area contributed by atoms with Crippen LogP contribution in [0.4, 0.5) is 0 Å². The lowest BCUT2D eigenvalue weighted by atomic mass is 9.87. The van der Waals surface area contributed by atoms with Crippen LogP contribution < -0.4 is 10.6 Å². The van der Waals surface area contributed by atoms with Crippen LogP contribution in [0.3, 0.4) is 0 Å². The molecule has 0 aromatic carbocycles. The normalized spacial score (nSPS) is 17.2. The first kappa shape index (κ1) is 30.1. The lowest BCUT2D eigenvalue weighted by molar-refractivity contribution is -0.142. The number of aliphatic hydroxyl groups excluding tert-OH is 1. The maximum absolute atomic E-state index is 13.3. The number of nitrogens with one attached hydrogen (secondary N) is 2. The second kappa shape index (κ2) is 11.2. The minimum Gasteiger partial charge on any atom is -0.510 e. The Labute approximate surface area is 261 Å². The number of fused-ring (bicyclic) bond motifs is 8. The Hall–Kier alpha value is -4.92. The number of aromatic nitrogens is 4. The van der Waals surface area contributed by atoms with E-state index in [9.17, 15) is 14.7 Å². The van der Waals surface area contributed by atoms with Crippen molar-refractivity contribution in [3.63, 3.8) is 0 Å². The maximum Gasteiger partial charge on any atom is 0.321 e. The molecule has 9 nitrogen and oxygen atoms in total. The molecule has 0 radical (unpaired) electrons. The zero-order chi connectivity index (χ0) is 32.3. The summed E-state index contributed by atoms with van der Waals surface area (Å²) in [4.78, 5) is 42.9. The molecule has 6 rings (SSSR count). The summed E-state index contributed by atoms with van der Waals surface area (Å²) in [5.41, 5.74) is 12.0. The monoisotopic (exact) mass is 606 g/mol. The first-order chi connectivity index (χ1) is 21.5. The fraction of sp³-hybridized carbons (Fsp3) is 0.333. The van der Waals surface area contributed by atoms with Crippen molar-refractivity contribution < 1.29 is 24.2 Å². The number of carbonyl (C=O) groups excluding carboxylic acids is 2. The van der Waals surface area contributed by atoms with Crippen molar-refractivity contribution in [2.24, 2.45) is 0 Å². The number of aliphatic hydroxyl groups is 1. The van der Waals surface area contributed by atoms with E-state index >= 15 is 0 Å². The minimum atomic E-state index is -1.06. The van der Waals surface area contributed by atoms with Gasteiger partial charge in [-0.1, -0.05) is 19.6 Å². The quantitative estimate of drug-likeness (QED) is 0.304. The predicted octanol–water partition coefficient (Wildman–Crippen LogP) is 5.76. The largest absolute Gasteiger partial charge is 0.510 e. The van der Waals surface area contributed by atoms with Crippen molar-refractivity contribution >= 4 is 62.6 Å². The van der Waals surface area contributed by atoms with Crippen LogP contribution >= 0.6 is 0 Å². The van der Waals surface area contributed by atoms with Crippen LogP contribution in [0.15, 0.2) is 24.8 Å². The Morgan fingerprint density at radius 3 is 2.36 bits per heavy atom. The molecule has 0 fully saturated rings. The molecule has 3 aliphatic rings. The highest BCUT2D eigenvalue weighted by Crippen LogP contribution is 2.41. The van der Waals surface area contributed by atoms with E-state index in [-0.39, 0.29) is 24.1 Å². The highest BCUT2D eigenvalue weighted by Gasteiger charge is 2.39. The third kappa shape index (κ3) is 4.60. The van der Waals surface area contributed by atoms with Crippen LogP contribution in [0.2, 0.25) is 0 Å². The van der Waals surface area contributed by atoms with E-state index in [0.717, 1.165) is 73.1 Å². The van der Waals surface area contributed by atoms with E-state index < -0.39 is 11.9 Å². The van der Waals surface area contributed by atoms with Gasteiger partial charge in [-0.05, 0) is 86.6 Å². The highest BCUT2D eigenvalue weighted by atomic mass is 16.5. The molecular formula is C36H38N4O5. The molecule has 2 atom stereocenters. The number of allylic oxidation sites excluding steroid dienone is 2. The van der Waals surface area contributed by atoms with Crippen molar-refractivity contribution in [2.75, 3.05) is 14.2 Å². The van der Waals surface area contributed by atoms with Crippen LogP contribution in [0.5, 0.6) is 0 Å². The lowest BCUT2D eigenvalue weighted by Gasteiger charge is -2.17. The molecule has 9 heteroatoms. The summed E-state index contributed by atoms with van der Waals surface area (Å²) in [6.07, 6.45) is 3.22. The second-order valence-corrected chi connectivity index (χ2v) is 11.9. The molecule has 0 saturated heterocycles. The SMILES string of the molecule is C=Cc1c(C)c2cc3nc(c4c5[nH]c(cc6nc(cc1[nH]2)C(C)=C6CC)c(C)c5=C(O)[C@@H]4C(=O)OC)[C@@H](CCC(=O)OC)C=3C. The lowest BCUT2D eigenvalue weighted by Crippen LogP contribution is -2.18. The molecule has 0 amide bonds. The number of hydrogen-bond acceptors (Lipinski definition) is 7. The van der Waals surface area contributed by atoms with Crippen molar-refractivity contribution in [2.45, 2.75) is 65.7 Å². The summed E-state index contributed by atoms with van der Waals surface area (Å²) in [7, 11) is 2.68. The Balaban J connectivity index is 1.83. The number of nitrogens with zero attached hydrogens (tertiary/aromatic N) is 2. The molecule has 2 aliphatic heterocycles. The van der Waals surface area contributed by atoms with Crippen molar-refractivity contribution in [1.29, 1.82) is 0 Å². The molecule has 3 aromatic rings. The van der Waals surface area contributed by atoms with E-state index in [2.05, 4.69) is 36.5 Å². The van der Waals surface area contributed by atoms with Crippen LogP contribution in [0.1, 0.15) is 91.2 Å². The maximum atomic E-state index is 13.3. The van der Waals surface area contributed by atoms with Crippen LogP contribution in [0.25, 0.3) is 50.6 Å². The topological polar surface area (TPSA) is 130 Å². The summed E-state index contributed by atoms with van der Waals surface area (Å²) in [5.74, 6) is -2.37. The average molecular weight is 607 g/mol. The van der Waals surface area contributed by atoms with E-state index in [4.69, 9.17) is 19.4 Å². The number of carbonyl (C=O) groups is 2. The van der Waals surface area contributed by atoms with E-state index in [1.165, 1.54) is 14.2 Å². The molecule has 232 valence electrons. The average Bonchev–Trinajstić information content (AvgIpc) is 3.76. The third-order valence-electron chi connectivity index (χ3n) is 9.61. The number of methoxy groups -OCH3 is 2. The molecular weight excluding hydrogens is 568 g/mol. The summed E-state index contributed by atoms with van der Waals surface area (Å²) in [6.45, 7) is 14.2. The molecule has 1 aliphatic carbocycles. The number of ether oxygens (including phenoxy) is 2. The summed E-state index contributed by atoms with van der Waals surface area (Å²) in [6, 6.07) is 6.07. The minimum absolute atomic E-state index is 0.0808. The number of esters is 2. The Kier molecular flexibility index (Phi) is 7.51. The van der Waals surface area contributed by atoms with Gasteiger partial charge in [0.2, 0.25) is 0 Å². The van der Waals surface area contributed by atoms with Gasteiger partial charge < -0.3 is 24.5 Å². The molecule has 0 saturated carbocycles. The number of aromatic amines is 2. The summed E-state index contributed by atoms with van der Waals surface area (Å²) in [5, 5.41) is 12.9. The Bertz CT molecular complexity index is 2150. The van der Waals surface area contributed by atoms with Gasteiger partial charge in [0, 0.05) is 45.2 Å². The zero-order valence-corrected chi connectivity index (χ0v) is 26.8. The Morgan fingerprint density at radius 2 is 1.69 bits per heavy atom. The fourth-order valence-corrected chi connectivity index (χ4v) is 7.04. The van der Waals surface area contributed by atoms with Crippen molar-refractivity contribution in [1.82, 2.24) is 19.9 Å². The van der Waals surface area contributed by atoms with E-state index in [1.807, 2.05) is 39.0 Å². The van der Waals surface area contributed by atoms with Gasteiger partial charge in [-0.3, -0.25) is 14.6 Å². The zero-order valence-electron chi connectivity index (χ0n) is 26.8. The number of aryl methyl sites for hydroxylation is 2. The van der Waals surface area contributed by atoms with Gasteiger partial charge in [-0.25, -0.2) is 4.98 Å². The van der Waals surface area contributed by atoms with Crippen molar-refractivity contribution in [3.05, 3.63) is 74.7 Å². The van der Waals surface area contributed by atoms with Gasteiger partial charge in [0.1, 0.15) is 11.7 Å². The highest BCUT2D eigenvalue weighted by molar-refractivity contribution is 5.98. The molecule has 45 heavy (non-hydrogen) atoms. The molecule has 8 bridgehead atoms. The molecule has 0 unspecified atom stereocenters. The van der Waals surface area contributed by atoms with Gasteiger partial charge in [-0.2, -0.15) is 0 Å². The molecule has 3 N–H and O–H groups in total. The standard InChI is InChI=1S/C36H38N4O5/c1-9-20-16(3)23-13-25-18(5)22(11-12-29(41)44-7)33(39-25)31-32(36(43)45-8)35(42)30-19(6)26(40-34(30)31)15-28-21(10-2)17(4)24(38-28)14-27(20)37-23/h9,13-15,22,32,37,40,42H,1,10-12H2,2-8H3/t22-,32+/m0/s1. The second-order valence-electron chi connectivity index (χ2n) is 11.9. The fourth-order valence-electron chi connectivity index (χ4n) is 7.04. The van der Waals surface area contributed by atoms with E-state index in [1.54, 1.807) is 0 Å². The smallest absolute Gasteiger partial charge is 0.321 e. The van der Waals surface area contributed by atoms with Gasteiger partial charge in [-0.15, -0.1) is 0 Å². The van der Waals surface area contributed by atoms with Crippen LogP contribution in [-0.2, 0) is 19.1 Å². The van der Waals surface area contributed by atoms with Crippen molar-refractivity contribution in [3.8, 4) is 0 Å². The van der Waals surface area contributed by atoms with Gasteiger partial charge >= 0.3 is 11.9 Å². The van der Waals surface area contributed by atoms with E-state index in [0.29, 0.717) is 28.4 Å². The summed E-state index contributed by atoms with van der Waals surface area (Å²) < 4.78 is 10.2. The van der Waals surface area contributed by atoms with Crippen LogP contribution in [0, 0.1) is 13.8 Å². The summed E-state index contributed by atoms with van der Waals surface area (Å²) >= 11 is 0.